The topological polar surface area (TPSA) is 9.23 Å². The van der Waals surface area contributed by atoms with Gasteiger partial charge >= 0.3 is 181 Å². The average Bonchev–Trinajstić information content (AvgIpc) is 3.08. The van der Waals surface area contributed by atoms with E-state index in [4.69, 9.17) is 16.3 Å². The predicted octanol–water partition coefficient (Wildman–Crippen LogP) is 3.96. The summed E-state index contributed by atoms with van der Waals surface area (Å²) in [6.45, 7) is 0.558. The molecule has 1 aliphatic rings. The second-order valence-electron chi connectivity index (χ2n) is 6.14. The SMILES string of the molecule is Fc1ccc([Se]C2=C([Se]c3ccc(F)cc3)C(c3ccc(Cl)cc3)OC2)cc1. The zero-order valence-corrected chi connectivity index (χ0v) is 18.8. The molecule has 3 aromatic rings. The van der Waals surface area contributed by atoms with Crippen molar-refractivity contribution in [3.63, 3.8) is 0 Å². The van der Waals surface area contributed by atoms with E-state index in [-0.39, 0.29) is 47.7 Å². The number of benzene rings is 3. The van der Waals surface area contributed by atoms with Crippen LogP contribution in [0.4, 0.5) is 8.78 Å². The van der Waals surface area contributed by atoms with Gasteiger partial charge in [-0.3, -0.25) is 0 Å². The van der Waals surface area contributed by atoms with Crippen LogP contribution in [0, 0.1) is 11.6 Å². The molecule has 0 fully saturated rings. The Labute approximate surface area is 180 Å². The van der Waals surface area contributed by atoms with Gasteiger partial charge in [-0.15, -0.1) is 0 Å². The fourth-order valence-electron chi connectivity index (χ4n) is 2.80. The summed E-state index contributed by atoms with van der Waals surface area (Å²) in [4.78, 5) is 0. The summed E-state index contributed by atoms with van der Waals surface area (Å²) in [6, 6.07) is 21.0. The summed E-state index contributed by atoms with van der Waals surface area (Å²) in [5.74, 6) is -0.466. The Hall–Kier alpha value is -1.45. The number of hydrogen-bond donors (Lipinski definition) is 0. The van der Waals surface area contributed by atoms with Gasteiger partial charge in [-0.2, -0.15) is 0 Å². The van der Waals surface area contributed by atoms with Gasteiger partial charge in [-0.1, -0.05) is 0 Å². The maximum atomic E-state index is 13.3. The van der Waals surface area contributed by atoms with Crippen molar-refractivity contribution in [3.05, 3.63) is 104 Å². The normalized spacial score (nSPS) is 16.6. The second-order valence-corrected chi connectivity index (χ2v) is 11.4. The van der Waals surface area contributed by atoms with Gasteiger partial charge in [0.2, 0.25) is 0 Å². The van der Waals surface area contributed by atoms with E-state index in [1.54, 1.807) is 0 Å². The molecule has 0 saturated carbocycles. The van der Waals surface area contributed by atoms with E-state index >= 15 is 0 Å². The molecule has 0 radical (unpaired) electrons. The van der Waals surface area contributed by atoms with Crippen LogP contribution in [-0.4, -0.2) is 36.5 Å². The molecule has 0 bridgehead atoms. The molecule has 0 aromatic heterocycles. The van der Waals surface area contributed by atoms with Crippen molar-refractivity contribution in [1.29, 1.82) is 0 Å². The van der Waals surface area contributed by atoms with Crippen molar-refractivity contribution in [2.75, 3.05) is 6.61 Å². The van der Waals surface area contributed by atoms with Crippen molar-refractivity contribution >= 4 is 50.4 Å². The molecule has 1 unspecified atom stereocenters. The molecule has 1 atom stereocenters. The van der Waals surface area contributed by atoms with Crippen LogP contribution in [0.1, 0.15) is 11.7 Å². The van der Waals surface area contributed by atoms with Gasteiger partial charge in [0.05, 0.1) is 0 Å². The first-order valence-electron chi connectivity index (χ1n) is 8.55. The summed E-state index contributed by atoms with van der Waals surface area (Å²) >= 11 is 6.09. The van der Waals surface area contributed by atoms with Gasteiger partial charge in [0.15, 0.2) is 0 Å². The van der Waals surface area contributed by atoms with Crippen molar-refractivity contribution in [3.8, 4) is 0 Å². The quantitative estimate of drug-likeness (QED) is 0.458. The minimum absolute atomic E-state index is 0.00557. The molecule has 6 heteroatoms. The van der Waals surface area contributed by atoms with Crippen molar-refractivity contribution in [2.24, 2.45) is 0 Å². The van der Waals surface area contributed by atoms with Gasteiger partial charge in [0, 0.05) is 0 Å². The van der Waals surface area contributed by atoms with E-state index in [2.05, 4.69) is 0 Å². The van der Waals surface area contributed by atoms with Crippen LogP contribution in [-0.2, 0) is 4.74 Å². The zero-order valence-electron chi connectivity index (χ0n) is 14.6. The predicted molar refractivity (Wildman–Crippen MR) is 111 cm³/mol. The van der Waals surface area contributed by atoms with Crippen molar-refractivity contribution in [2.45, 2.75) is 6.10 Å². The van der Waals surface area contributed by atoms with Gasteiger partial charge < -0.3 is 0 Å². The molecule has 0 amide bonds. The molecule has 1 nitrogen and oxygen atoms in total. The van der Waals surface area contributed by atoms with Crippen LogP contribution in [0.2, 0.25) is 5.02 Å². The Morgan fingerprint density at radius 2 is 1.29 bits per heavy atom. The molecule has 3 aromatic carbocycles. The first kappa shape index (κ1) is 19.8. The third kappa shape index (κ3) is 4.75. The first-order chi connectivity index (χ1) is 13.6. The van der Waals surface area contributed by atoms with Gasteiger partial charge in [-0.25, -0.2) is 0 Å². The maximum absolute atomic E-state index is 13.3. The molecule has 1 heterocycles. The third-order valence-electron chi connectivity index (χ3n) is 4.16. The number of rotatable bonds is 5. The molecule has 1 aliphatic heterocycles. The fourth-order valence-corrected chi connectivity index (χ4v) is 7.83. The minimum atomic E-state index is -0.235. The van der Waals surface area contributed by atoms with Crippen molar-refractivity contribution < 1.29 is 13.5 Å². The number of halogens is 3. The summed E-state index contributed by atoms with van der Waals surface area (Å²) < 4.78 is 37.4. The fraction of sp³-hybridized carbons (Fsp3) is 0.0909. The van der Waals surface area contributed by atoms with Crippen LogP contribution < -0.4 is 8.92 Å². The van der Waals surface area contributed by atoms with E-state index in [1.807, 2.05) is 48.5 Å². The number of hydrogen-bond acceptors (Lipinski definition) is 1. The summed E-state index contributed by atoms with van der Waals surface area (Å²) in [5.41, 5.74) is 1.06. The standard InChI is InChI=1S/C22H15ClF2OSe2/c23-15-3-1-14(2-4-15)21-22(28-19-11-7-17(25)8-12-19)20(13-26-21)27-18-9-5-16(24)6-10-18/h1-12,21H,13H2. The summed E-state index contributed by atoms with van der Waals surface area (Å²) in [5, 5.41) is 0.687. The Balaban J connectivity index is 1.68. The molecular weight excluding hydrogens is 512 g/mol. The first-order valence-corrected chi connectivity index (χ1v) is 12.4. The average molecular weight is 527 g/mol. The van der Waals surface area contributed by atoms with E-state index in [0.29, 0.717) is 11.6 Å². The molecule has 0 saturated heterocycles. The zero-order chi connectivity index (χ0) is 19.5. The summed E-state index contributed by atoms with van der Waals surface area (Å²) in [6.07, 6.45) is -0.125. The second kappa shape index (κ2) is 8.92. The molecule has 28 heavy (non-hydrogen) atoms. The van der Waals surface area contributed by atoms with Crippen LogP contribution in [0.5, 0.6) is 0 Å². The molecule has 4 rings (SSSR count). The van der Waals surface area contributed by atoms with Gasteiger partial charge in [-0.05, 0) is 0 Å². The molecule has 0 aliphatic carbocycles. The molecule has 0 spiro atoms. The number of ether oxygens (including phenoxy) is 1. The van der Waals surface area contributed by atoms with Crippen LogP contribution in [0.15, 0.2) is 81.7 Å². The molecular formula is C22H15ClF2OSe2. The van der Waals surface area contributed by atoms with Crippen LogP contribution in [0.25, 0.3) is 0 Å². The van der Waals surface area contributed by atoms with Crippen LogP contribution in [0.3, 0.4) is 0 Å². The molecule has 0 N–H and O–H groups in total. The monoisotopic (exact) mass is 528 g/mol. The Morgan fingerprint density at radius 1 is 0.750 bits per heavy atom. The third-order valence-corrected chi connectivity index (χ3v) is 9.85. The van der Waals surface area contributed by atoms with E-state index in [0.717, 1.165) is 14.5 Å². The Bertz CT molecular complexity index is 987. The molecule has 142 valence electrons. The Morgan fingerprint density at radius 3 is 1.86 bits per heavy atom. The van der Waals surface area contributed by atoms with Crippen LogP contribution >= 0.6 is 11.6 Å². The van der Waals surface area contributed by atoms with Gasteiger partial charge in [0.1, 0.15) is 0 Å². The van der Waals surface area contributed by atoms with E-state index < -0.39 is 0 Å². The van der Waals surface area contributed by atoms with E-state index in [1.165, 1.54) is 33.2 Å². The van der Waals surface area contributed by atoms with Gasteiger partial charge in [0.25, 0.3) is 0 Å². The Kier molecular flexibility index (Phi) is 6.32. The van der Waals surface area contributed by atoms with Crippen molar-refractivity contribution in [1.82, 2.24) is 0 Å². The summed E-state index contributed by atoms with van der Waals surface area (Å²) in [7, 11) is 0. The van der Waals surface area contributed by atoms with E-state index in [9.17, 15) is 8.78 Å².